The van der Waals surface area contributed by atoms with Gasteiger partial charge in [-0.15, -0.1) is 0 Å². The van der Waals surface area contributed by atoms with Crippen molar-refractivity contribution in [1.82, 2.24) is 19.7 Å². The maximum Gasteiger partial charge on any atom is 0.267 e. The van der Waals surface area contributed by atoms with Gasteiger partial charge in [0.1, 0.15) is 6.33 Å². The molecule has 2 rings (SSSR count). The van der Waals surface area contributed by atoms with E-state index in [1.807, 2.05) is 0 Å². The van der Waals surface area contributed by atoms with Gasteiger partial charge in [0.05, 0.1) is 23.8 Å². The van der Waals surface area contributed by atoms with Crippen LogP contribution in [0.3, 0.4) is 0 Å². The third-order valence-corrected chi connectivity index (χ3v) is 3.93. The fraction of sp³-hybridized carbons (Fsp3) is 0.222. The number of aryl methyl sites for hydroxylation is 1. The van der Waals surface area contributed by atoms with Gasteiger partial charge in [-0.25, -0.2) is 18.4 Å². The van der Waals surface area contributed by atoms with Crippen LogP contribution < -0.4 is 10.5 Å². The number of nitrogens with zero attached hydrogens (tertiary/aromatic N) is 4. The number of hydrogen-bond donors (Lipinski definition) is 2. The first-order valence-corrected chi connectivity index (χ1v) is 6.47. The summed E-state index contributed by atoms with van der Waals surface area (Å²) >= 11 is 0. The molecule has 0 aromatic carbocycles. The molecule has 0 fully saturated rings. The summed E-state index contributed by atoms with van der Waals surface area (Å²) in [4.78, 5) is 7.41. The van der Waals surface area contributed by atoms with Crippen molar-refractivity contribution in [2.24, 2.45) is 7.05 Å². The Labute approximate surface area is 104 Å². The van der Waals surface area contributed by atoms with E-state index in [2.05, 4.69) is 19.8 Å². The van der Waals surface area contributed by atoms with E-state index in [9.17, 15) is 8.42 Å². The molecule has 0 aliphatic rings. The largest absolute Gasteiger partial charge is 0.381 e. The molecule has 0 saturated heterocycles. The topological polar surface area (TPSA) is 116 Å². The van der Waals surface area contributed by atoms with Crippen molar-refractivity contribution in [3.63, 3.8) is 0 Å². The third-order valence-electron chi connectivity index (χ3n) is 2.39. The second-order valence-electron chi connectivity index (χ2n) is 3.66. The Kier molecular flexibility index (Phi) is 2.91. The SMILES string of the molecule is Cc1c(S(=O)(=O)Nc2cncnc2)c(N)nn1C. The Balaban J connectivity index is 2.43. The molecule has 3 N–H and O–H groups in total. The molecular formula is C9H12N6O2S. The fourth-order valence-corrected chi connectivity index (χ4v) is 2.86. The second-order valence-corrected chi connectivity index (χ2v) is 5.28. The van der Waals surface area contributed by atoms with Crippen molar-refractivity contribution >= 4 is 21.5 Å². The van der Waals surface area contributed by atoms with Crippen LogP contribution in [0.1, 0.15) is 5.69 Å². The second kappa shape index (κ2) is 4.26. The van der Waals surface area contributed by atoms with E-state index in [1.54, 1.807) is 14.0 Å². The standard InChI is InChI=1S/C9H12N6O2S/c1-6-8(9(10)13-15(6)2)18(16,17)14-7-3-11-5-12-4-7/h3-5,14H,1-2H3,(H2,10,13). The predicted molar refractivity (Wildman–Crippen MR) is 65.2 cm³/mol. The Bertz CT molecular complexity index is 664. The van der Waals surface area contributed by atoms with E-state index in [1.165, 1.54) is 23.4 Å². The maximum atomic E-state index is 12.2. The molecule has 8 nitrogen and oxygen atoms in total. The van der Waals surface area contributed by atoms with Gasteiger partial charge in [0, 0.05) is 7.05 Å². The number of sulfonamides is 1. The molecule has 0 radical (unpaired) electrons. The molecule has 2 heterocycles. The highest BCUT2D eigenvalue weighted by Gasteiger charge is 2.24. The van der Waals surface area contributed by atoms with Gasteiger partial charge < -0.3 is 5.73 Å². The molecule has 18 heavy (non-hydrogen) atoms. The summed E-state index contributed by atoms with van der Waals surface area (Å²) in [5.41, 5.74) is 6.32. The molecular weight excluding hydrogens is 256 g/mol. The van der Waals surface area contributed by atoms with Crippen LogP contribution in [0.5, 0.6) is 0 Å². The van der Waals surface area contributed by atoms with Crippen molar-refractivity contribution in [2.75, 3.05) is 10.5 Å². The number of rotatable bonds is 3. The first-order chi connectivity index (χ1) is 8.42. The molecule has 0 bridgehead atoms. The van der Waals surface area contributed by atoms with Crippen molar-refractivity contribution < 1.29 is 8.42 Å². The van der Waals surface area contributed by atoms with E-state index >= 15 is 0 Å². The monoisotopic (exact) mass is 268 g/mol. The van der Waals surface area contributed by atoms with Gasteiger partial charge in [0.2, 0.25) is 0 Å². The lowest BCUT2D eigenvalue weighted by molar-refractivity contribution is 0.600. The zero-order valence-corrected chi connectivity index (χ0v) is 10.6. The Morgan fingerprint density at radius 3 is 2.44 bits per heavy atom. The van der Waals surface area contributed by atoms with Crippen molar-refractivity contribution in [3.05, 3.63) is 24.4 Å². The highest BCUT2D eigenvalue weighted by atomic mass is 32.2. The van der Waals surface area contributed by atoms with Gasteiger partial charge in [-0.05, 0) is 6.92 Å². The van der Waals surface area contributed by atoms with Gasteiger partial charge >= 0.3 is 0 Å². The van der Waals surface area contributed by atoms with Gasteiger partial charge in [0.15, 0.2) is 10.7 Å². The molecule has 96 valence electrons. The first-order valence-electron chi connectivity index (χ1n) is 4.98. The molecule has 0 aliphatic carbocycles. The lowest BCUT2D eigenvalue weighted by Crippen LogP contribution is -2.15. The molecule has 2 aromatic heterocycles. The van der Waals surface area contributed by atoms with Crippen LogP contribution >= 0.6 is 0 Å². The van der Waals surface area contributed by atoms with Crippen LogP contribution in [0.15, 0.2) is 23.6 Å². The highest BCUT2D eigenvalue weighted by Crippen LogP contribution is 2.23. The summed E-state index contributed by atoms with van der Waals surface area (Å²) < 4.78 is 28.1. The number of anilines is 2. The first kappa shape index (κ1) is 12.3. The fourth-order valence-electron chi connectivity index (χ4n) is 1.50. The molecule has 0 saturated carbocycles. The minimum absolute atomic E-state index is 0.0335. The maximum absolute atomic E-state index is 12.2. The number of hydrogen-bond acceptors (Lipinski definition) is 6. The van der Waals surface area contributed by atoms with Crippen molar-refractivity contribution in [1.29, 1.82) is 0 Å². The Morgan fingerprint density at radius 1 is 1.33 bits per heavy atom. The number of nitrogens with one attached hydrogen (secondary N) is 1. The van der Waals surface area contributed by atoms with E-state index in [-0.39, 0.29) is 16.4 Å². The molecule has 0 unspecified atom stereocenters. The minimum Gasteiger partial charge on any atom is -0.381 e. The summed E-state index contributed by atoms with van der Waals surface area (Å²) in [6, 6.07) is 0. The van der Waals surface area contributed by atoms with Crippen LogP contribution in [0.4, 0.5) is 11.5 Å². The molecule has 0 amide bonds. The lowest BCUT2D eigenvalue weighted by Gasteiger charge is -2.06. The van der Waals surface area contributed by atoms with Gasteiger partial charge in [-0.3, -0.25) is 9.40 Å². The molecule has 9 heteroatoms. The molecule has 0 spiro atoms. The Hall–Kier alpha value is -2.16. The quantitative estimate of drug-likeness (QED) is 0.803. The molecule has 0 aliphatic heterocycles. The number of nitrogen functional groups attached to an aromatic ring is 1. The van der Waals surface area contributed by atoms with E-state index in [4.69, 9.17) is 5.73 Å². The zero-order valence-electron chi connectivity index (χ0n) is 9.82. The summed E-state index contributed by atoms with van der Waals surface area (Å²) in [7, 11) is -2.17. The van der Waals surface area contributed by atoms with Crippen LogP contribution in [-0.2, 0) is 17.1 Å². The Morgan fingerprint density at radius 2 is 1.94 bits per heavy atom. The average Bonchev–Trinajstić information content (AvgIpc) is 2.54. The van der Waals surface area contributed by atoms with Crippen LogP contribution in [-0.4, -0.2) is 28.2 Å². The predicted octanol–water partition coefficient (Wildman–Crippen LogP) is -0.0985. The van der Waals surface area contributed by atoms with Crippen molar-refractivity contribution in [3.8, 4) is 0 Å². The average molecular weight is 268 g/mol. The van der Waals surface area contributed by atoms with E-state index in [0.29, 0.717) is 5.69 Å². The summed E-state index contributed by atoms with van der Waals surface area (Å²) in [5, 5.41) is 3.86. The minimum atomic E-state index is -3.79. The highest BCUT2D eigenvalue weighted by molar-refractivity contribution is 7.93. The number of nitrogens with two attached hydrogens (primary N) is 1. The van der Waals surface area contributed by atoms with Crippen LogP contribution in [0.2, 0.25) is 0 Å². The van der Waals surface area contributed by atoms with Crippen LogP contribution in [0, 0.1) is 6.92 Å². The zero-order chi connectivity index (χ0) is 13.3. The van der Waals surface area contributed by atoms with Crippen molar-refractivity contribution in [2.45, 2.75) is 11.8 Å². The van der Waals surface area contributed by atoms with Gasteiger partial charge in [0.25, 0.3) is 10.0 Å². The molecule has 0 atom stereocenters. The van der Waals surface area contributed by atoms with E-state index < -0.39 is 10.0 Å². The molecule has 2 aromatic rings. The summed E-state index contributed by atoms with van der Waals surface area (Å²) in [6.07, 6.45) is 4.01. The van der Waals surface area contributed by atoms with Gasteiger partial charge in [-0.2, -0.15) is 5.10 Å². The normalized spacial score (nSPS) is 11.4. The summed E-state index contributed by atoms with van der Waals surface area (Å²) in [5.74, 6) is -0.0423. The van der Waals surface area contributed by atoms with Gasteiger partial charge in [-0.1, -0.05) is 0 Å². The summed E-state index contributed by atoms with van der Waals surface area (Å²) in [6.45, 7) is 1.62. The van der Waals surface area contributed by atoms with E-state index in [0.717, 1.165) is 0 Å². The van der Waals surface area contributed by atoms with Crippen LogP contribution in [0.25, 0.3) is 0 Å². The third kappa shape index (κ3) is 2.12. The number of aromatic nitrogens is 4. The smallest absolute Gasteiger partial charge is 0.267 e. The lowest BCUT2D eigenvalue weighted by atomic mass is 10.5.